The van der Waals surface area contributed by atoms with Gasteiger partial charge in [0.1, 0.15) is 5.69 Å². The Morgan fingerprint density at radius 1 is 1.32 bits per heavy atom. The average molecular weight is 313 g/mol. The number of nitrogens with zero attached hydrogens (tertiary/aromatic N) is 4. The summed E-state index contributed by atoms with van der Waals surface area (Å²) in [6.07, 6.45) is 1.67. The first-order valence-electron chi connectivity index (χ1n) is 6.77. The van der Waals surface area contributed by atoms with Crippen molar-refractivity contribution in [2.75, 3.05) is 0 Å². The SMILES string of the molecule is Cc1n[nH]c(=S)n(/N=C\c2c(C)n(C)c3ccccc23)c1=O. The maximum absolute atomic E-state index is 12.1. The smallest absolute Gasteiger partial charge is 0.296 e. The second-order valence-electron chi connectivity index (χ2n) is 5.05. The molecule has 0 spiro atoms. The topological polar surface area (TPSA) is 68.0 Å². The fourth-order valence-electron chi connectivity index (χ4n) is 2.41. The Labute approximate surface area is 131 Å². The van der Waals surface area contributed by atoms with Crippen LogP contribution in [-0.4, -0.2) is 25.7 Å². The second-order valence-corrected chi connectivity index (χ2v) is 5.44. The third-order valence-electron chi connectivity index (χ3n) is 3.76. The molecule has 1 N–H and O–H groups in total. The zero-order valence-corrected chi connectivity index (χ0v) is 13.3. The van der Waals surface area contributed by atoms with Crippen LogP contribution in [-0.2, 0) is 7.05 Å². The molecule has 0 aliphatic carbocycles. The van der Waals surface area contributed by atoms with Crippen LogP contribution >= 0.6 is 12.2 Å². The van der Waals surface area contributed by atoms with E-state index in [-0.39, 0.29) is 10.3 Å². The van der Waals surface area contributed by atoms with Crippen LogP contribution in [0.1, 0.15) is 17.0 Å². The molecule has 3 aromatic rings. The number of fused-ring (bicyclic) bond motifs is 1. The standard InChI is InChI=1S/C15H15N5OS/c1-9-14(21)20(15(22)18-17-9)16-8-12-10(2)19(3)13-7-5-4-6-11(12)13/h4-8H,1-3H3,(H,18,22)/b16-8-. The van der Waals surface area contributed by atoms with E-state index in [1.54, 1.807) is 13.1 Å². The maximum atomic E-state index is 12.1. The van der Waals surface area contributed by atoms with Gasteiger partial charge >= 0.3 is 0 Å². The highest BCUT2D eigenvalue weighted by molar-refractivity contribution is 7.71. The Bertz CT molecular complexity index is 1010. The summed E-state index contributed by atoms with van der Waals surface area (Å²) in [6, 6.07) is 8.06. The van der Waals surface area contributed by atoms with Gasteiger partial charge in [-0.25, -0.2) is 0 Å². The monoisotopic (exact) mass is 313 g/mol. The number of H-pyrrole nitrogens is 1. The van der Waals surface area contributed by atoms with E-state index in [4.69, 9.17) is 12.2 Å². The summed E-state index contributed by atoms with van der Waals surface area (Å²) in [5, 5.41) is 11.8. The summed E-state index contributed by atoms with van der Waals surface area (Å²) in [6.45, 7) is 3.63. The number of nitrogens with one attached hydrogen (secondary N) is 1. The molecular formula is C15H15N5OS. The van der Waals surface area contributed by atoms with Crippen molar-refractivity contribution in [1.29, 1.82) is 0 Å². The molecule has 0 bridgehead atoms. The lowest BCUT2D eigenvalue weighted by molar-refractivity contribution is 0.720. The van der Waals surface area contributed by atoms with Gasteiger partial charge in [-0.15, -0.1) is 0 Å². The lowest BCUT2D eigenvalue weighted by Crippen LogP contribution is -2.22. The van der Waals surface area contributed by atoms with Crippen molar-refractivity contribution in [2.24, 2.45) is 12.1 Å². The first-order chi connectivity index (χ1) is 10.5. The van der Waals surface area contributed by atoms with Gasteiger partial charge in [0.05, 0.1) is 6.21 Å². The number of hydrogen-bond acceptors (Lipinski definition) is 4. The van der Waals surface area contributed by atoms with E-state index in [2.05, 4.69) is 25.9 Å². The molecular weight excluding hydrogens is 298 g/mol. The molecule has 0 aliphatic heterocycles. The normalized spacial score (nSPS) is 11.6. The highest BCUT2D eigenvalue weighted by atomic mass is 32.1. The van der Waals surface area contributed by atoms with Crippen molar-refractivity contribution in [2.45, 2.75) is 13.8 Å². The van der Waals surface area contributed by atoms with Gasteiger partial charge in [0.15, 0.2) is 0 Å². The molecule has 1 aromatic carbocycles. The van der Waals surface area contributed by atoms with E-state index in [0.717, 1.165) is 26.8 Å². The summed E-state index contributed by atoms with van der Waals surface area (Å²) in [5.41, 5.74) is 3.15. The van der Waals surface area contributed by atoms with E-state index in [1.807, 2.05) is 32.2 Å². The van der Waals surface area contributed by atoms with Gasteiger partial charge in [0.25, 0.3) is 5.56 Å². The van der Waals surface area contributed by atoms with E-state index in [9.17, 15) is 4.79 Å². The van der Waals surface area contributed by atoms with Crippen molar-refractivity contribution in [1.82, 2.24) is 19.4 Å². The summed E-state index contributed by atoms with van der Waals surface area (Å²) < 4.78 is 3.42. The minimum Gasteiger partial charge on any atom is -0.347 e. The number of benzene rings is 1. The Morgan fingerprint density at radius 2 is 2.05 bits per heavy atom. The van der Waals surface area contributed by atoms with Crippen LogP contribution < -0.4 is 5.56 Å². The molecule has 3 rings (SSSR count). The van der Waals surface area contributed by atoms with E-state index >= 15 is 0 Å². The minimum atomic E-state index is -0.321. The molecule has 6 nitrogen and oxygen atoms in total. The third kappa shape index (κ3) is 2.19. The number of aromatic amines is 1. The minimum absolute atomic E-state index is 0.171. The Morgan fingerprint density at radius 3 is 2.82 bits per heavy atom. The van der Waals surface area contributed by atoms with Crippen LogP contribution in [0.3, 0.4) is 0 Å². The van der Waals surface area contributed by atoms with Crippen LogP contribution in [0.5, 0.6) is 0 Å². The van der Waals surface area contributed by atoms with Gasteiger partial charge < -0.3 is 4.57 Å². The molecule has 0 radical (unpaired) electrons. The first kappa shape index (κ1) is 14.4. The molecule has 0 saturated carbocycles. The molecule has 0 aliphatic rings. The molecule has 0 atom stereocenters. The summed E-state index contributed by atoms with van der Waals surface area (Å²) in [5.74, 6) is 0. The summed E-state index contributed by atoms with van der Waals surface area (Å²) >= 11 is 5.07. The van der Waals surface area contributed by atoms with Crippen LogP contribution in [0.2, 0.25) is 0 Å². The Balaban J connectivity index is 2.20. The maximum Gasteiger partial charge on any atom is 0.296 e. The van der Waals surface area contributed by atoms with Gasteiger partial charge in [-0.2, -0.15) is 14.9 Å². The first-order valence-corrected chi connectivity index (χ1v) is 7.18. The largest absolute Gasteiger partial charge is 0.347 e. The predicted octanol–water partition coefficient (Wildman–Crippen LogP) is 2.29. The van der Waals surface area contributed by atoms with Crippen LogP contribution in [0.25, 0.3) is 10.9 Å². The van der Waals surface area contributed by atoms with Crippen molar-refractivity contribution in [3.63, 3.8) is 0 Å². The quantitative estimate of drug-likeness (QED) is 0.583. The number of para-hydroxylation sites is 1. The van der Waals surface area contributed by atoms with Gasteiger partial charge in [-0.05, 0) is 32.1 Å². The van der Waals surface area contributed by atoms with E-state index in [0.29, 0.717) is 5.69 Å². The van der Waals surface area contributed by atoms with Crippen LogP contribution in [0.4, 0.5) is 0 Å². The number of aromatic nitrogens is 4. The zero-order valence-electron chi connectivity index (χ0n) is 12.5. The lowest BCUT2D eigenvalue weighted by Gasteiger charge is -2.00. The Hall–Kier alpha value is -2.54. The number of aryl methyl sites for hydroxylation is 2. The summed E-state index contributed by atoms with van der Waals surface area (Å²) in [4.78, 5) is 12.1. The highest BCUT2D eigenvalue weighted by Crippen LogP contribution is 2.23. The number of rotatable bonds is 2. The van der Waals surface area contributed by atoms with Crippen molar-refractivity contribution < 1.29 is 0 Å². The predicted molar refractivity (Wildman–Crippen MR) is 89.1 cm³/mol. The van der Waals surface area contributed by atoms with E-state index in [1.165, 1.54) is 0 Å². The lowest BCUT2D eigenvalue weighted by atomic mass is 10.1. The molecule has 0 fully saturated rings. The van der Waals surface area contributed by atoms with Gasteiger partial charge in [0.2, 0.25) is 4.77 Å². The summed E-state index contributed by atoms with van der Waals surface area (Å²) in [7, 11) is 2.00. The van der Waals surface area contributed by atoms with Crippen LogP contribution in [0, 0.1) is 18.6 Å². The van der Waals surface area contributed by atoms with Gasteiger partial charge in [-0.1, -0.05) is 18.2 Å². The zero-order chi connectivity index (χ0) is 15.9. The van der Waals surface area contributed by atoms with E-state index < -0.39 is 0 Å². The fraction of sp³-hybridized carbons (Fsp3) is 0.200. The van der Waals surface area contributed by atoms with Crippen molar-refractivity contribution in [3.8, 4) is 0 Å². The highest BCUT2D eigenvalue weighted by Gasteiger charge is 2.09. The van der Waals surface area contributed by atoms with Gasteiger partial charge in [-0.3, -0.25) is 9.89 Å². The molecule has 2 heterocycles. The molecule has 0 saturated heterocycles. The molecule has 22 heavy (non-hydrogen) atoms. The van der Waals surface area contributed by atoms with Crippen molar-refractivity contribution >= 4 is 29.3 Å². The molecule has 7 heteroatoms. The number of hydrogen-bond donors (Lipinski definition) is 1. The van der Waals surface area contributed by atoms with Crippen molar-refractivity contribution in [3.05, 3.63) is 56.3 Å². The Kier molecular flexibility index (Phi) is 3.50. The molecule has 2 aromatic heterocycles. The molecule has 0 unspecified atom stereocenters. The third-order valence-corrected chi connectivity index (χ3v) is 4.03. The molecule has 0 amide bonds. The fourth-order valence-corrected chi connectivity index (χ4v) is 2.58. The molecule has 112 valence electrons. The second kappa shape index (κ2) is 5.34. The van der Waals surface area contributed by atoms with Gasteiger partial charge in [0, 0.05) is 29.2 Å². The van der Waals surface area contributed by atoms with Crippen LogP contribution in [0.15, 0.2) is 34.2 Å². The average Bonchev–Trinajstić information content (AvgIpc) is 2.76.